The minimum atomic E-state index is 0.276. The average molecular weight is 256 g/mol. The molecule has 0 fully saturated rings. The number of hydrogen-bond donors (Lipinski definition) is 1. The van der Waals surface area contributed by atoms with Crippen LogP contribution in [0, 0.1) is 0 Å². The third kappa shape index (κ3) is 2.27. The number of rotatable bonds is 2. The highest BCUT2D eigenvalue weighted by Gasteiger charge is 2.14. The minimum Gasteiger partial charge on any atom is -0.508 e. The van der Waals surface area contributed by atoms with E-state index >= 15 is 0 Å². The molecule has 98 valence electrons. The topological polar surface area (TPSA) is 47.3 Å². The summed E-state index contributed by atoms with van der Waals surface area (Å²) in [6.45, 7) is 1.42. The molecule has 0 unspecified atom stereocenters. The number of nitrogens with zero attached hydrogens (tertiary/aromatic N) is 2. The van der Waals surface area contributed by atoms with Gasteiger partial charge < -0.3 is 14.4 Å². The molecule has 1 aromatic heterocycles. The first-order chi connectivity index (χ1) is 9.25. The van der Waals surface area contributed by atoms with Gasteiger partial charge in [0.05, 0.1) is 25.1 Å². The highest BCUT2D eigenvalue weighted by molar-refractivity contribution is 5.67. The predicted octanol–water partition coefficient (Wildman–Crippen LogP) is 2.60. The summed E-state index contributed by atoms with van der Waals surface area (Å²) in [5.41, 5.74) is 3.33. The van der Waals surface area contributed by atoms with Crippen molar-refractivity contribution < 1.29 is 9.84 Å². The van der Waals surface area contributed by atoms with E-state index in [1.165, 1.54) is 5.57 Å². The summed E-state index contributed by atoms with van der Waals surface area (Å²) in [6.07, 6.45) is 4.87. The van der Waals surface area contributed by atoms with Gasteiger partial charge in [0.15, 0.2) is 0 Å². The van der Waals surface area contributed by atoms with E-state index in [0.717, 1.165) is 30.1 Å². The number of ether oxygens (including phenoxy) is 1. The molecular weight excluding hydrogens is 240 g/mol. The van der Waals surface area contributed by atoms with Gasteiger partial charge in [0.2, 0.25) is 0 Å². The fourth-order valence-corrected chi connectivity index (χ4v) is 2.34. The van der Waals surface area contributed by atoms with Gasteiger partial charge in [0, 0.05) is 12.6 Å². The van der Waals surface area contributed by atoms with Gasteiger partial charge in [-0.1, -0.05) is 6.08 Å². The van der Waals surface area contributed by atoms with E-state index in [4.69, 9.17) is 4.74 Å². The van der Waals surface area contributed by atoms with Crippen molar-refractivity contribution in [3.63, 3.8) is 0 Å². The second kappa shape index (κ2) is 4.90. The van der Waals surface area contributed by atoms with Gasteiger partial charge in [-0.25, -0.2) is 4.98 Å². The Hall–Kier alpha value is -2.07. The van der Waals surface area contributed by atoms with Crippen molar-refractivity contribution >= 4 is 5.57 Å². The van der Waals surface area contributed by atoms with Gasteiger partial charge in [-0.3, -0.25) is 0 Å². The summed E-state index contributed by atoms with van der Waals surface area (Å²) in [4.78, 5) is 4.51. The maximum atomic E-state index is 9.34. The monoisotopic (exact) mass is 256 g/mol. The van der Waals surface area contributed by atoms with E-state index in [0.29, 0.717) is 6.61 Å². The van der Waals surface area contributed by atoms with E-state index in [1.807, 2.05) is 25.4 Å². The number of imidazole rings is 1. The summed E-state index contributed by atoms with van der Waals surface area (Å²) in [7, 11) is 2.01. The first kappa shape index (κ1) is 12.0. The Morgan fingerprint density at radius 3 is 2.74 bits per heavy atom. The average Bonchev–Trinajstić information content (AvgIpc) is 2.83. The quantitative estimate of drug-likeness (QED) is 0.898. The largest absolute Gasteiger partial charge is 0.508 e. The lowest BCUT2D eigenvalue weighted by molar-refractivity contribution is 0.161. The van der Waals surface area contributed by atoms with Crippen LogP contribution in [0.5, 0.6) is 5.75 Å². The number of phenols is 1. The highest BCUT2D eigenvalue weighted by Crippen LogP contribution is 2.26. The Morgan fingerprint density at radius 1 is 1.26 bits per heavy atom. The van der Waals surface area contributed by atoms with Crippen LogP contribution in [0.15, 0.2) is 36.5 Å². The van der Waals surface area contributed by atoms with Crippen molar-refractivity contribution in [1.82, 2.24) is 9.55 Å². The van der Waals surface area contributed by atoms with Crippen LogP contribution < -0.4 is 0 Å². The summed E-state index contributed by atoms with van der Waals surface area (Å²) in [6, 6.07) is 7.18. The molecule has 2 aromatic rings. The van der Waals surface area contributed by atoms with Crippen LogP contribution in [-0.2, 0) is 11.8 Å². The number of aromatic hydroxyl groups is 1. The van der Waals surface area contributed by atoms with Gasteiger partial charge in [-0.2, -0.15) is 0 Å². The van der Waals surface area contributed by atoms with E-state index in [1.54, 1.807) is 12.1 Å². The molecular formula is C15H16N2O2. The first-order valence-corrected chi connectivity index (χ1v) is 6.34. The zero-order valence-corrected chi connectivity index (χ0v) is 10.8. The highest BCUT2D eigenvalue weighted by atomic mass is 16.5. The minimum absolute atomic E-state index is 0.276. The van der Waals surface area contributed by atoms with Crippen molar-refractivity contribution in [3.8, 4) is 17.0 Å². The van der Waals surface area contributed by atoms with Crippen LogP contribution in [0.25, 0.3) is 16.8 Å². The first-order valence-electron chi connectivity index (χ1n) is 6.34. The molecule has 1 N–H and O–H groups in total. The Balaban J connectivity index is 1.98. The van der Waals surface area contributed by atoms with Gasteiger partial charge in [0.1, 0.15) is 11.6 Å². The zero-order valence-electron chi connectivity index (χ0n) is 10.8. The summed E-state index contributed by atoms with van der Waals surface area (Å²) >= 11 is 0. The molecule has 0 aliphatic carbocycles. The summed E-state index contributed by atoms with van der Waals surface area (Å²) < 4.78 is 7.41. The number of hydrogen-bond acceptors (Lipinski definition) is 3. The zero-order chi connectivity index (χ0) is 13.2. The summed E-state index contributed by atoms with van der Waals surface area (Å²) in [5.74, 6) is 1.27. The number of phenolic OH excluding ortho intramolecular Hbond substituents is 1. The molecule has 1 aromatic carbocycles. The second-order valence-corrected chi connectivity index (χ2v) is 4.63. The molecule has 0 radical (unpaired) electrons. The number of benzene rings is 1. The van der Waals surface area contributed by atoms with Crippen LogP contribution in [-0.4, -0.2) is 27.9 Å². The van der Waals surface area contributed by atoms with Crippen LogP contribution in [0.3, 0.4) is 0 Å². The lowest BCUT2D eigenvalue weighted by Crippen LogP contribution is -2.07. The summed E-state index contributed by atoms with van der Waals surface area (Å²) in [5, 5.41) is 9.34. The molecule has 0 bridgehead atoms. The second-order valence-electron chi connectivity index (χ2n) is 4.63. The van der Waals surface area contributed by atoms with Gasteiger partial charge in [-0.15, -0.1) is 0 Å². The number of aromatic nitrogens is 2. The predicted molar refractivity (Wildman–Crippen MR) is 73.7 cm³/mol. The van der Waals surface area contributed by atoms with E-state index in [2.05, 4.69) is 15.6 Å². The fraction of sp³-hybridized carbons (Fsp3) is 0.267. The lowest BCUT2D eigenvalue weighted by Gasteiger charge is -2.14. The maximum Gasteiger partial charge on any atom is 0.135 e. The normalized spacial score (nSPS) is 15.3. The van der Waals surface area contributed by atoms with Crippen molar-refractivity contribution in [1.29, 1.82) is 0 Å². The van der Waals surface area contributed by atoms with Gasteiger partial charge >= 0.3 is 0 Å². The molecule has 1 aliphatic heterocycles. The molecule has 4 nitrogen and oxygen atoms in total. The standard InChI is InChI=1S/C15H16N2O2/c1-17-14(11-2-4-13(18)5-3-11)10-16-15(17)12-6-8-19-9-7-12/h2-6,10,18H,7-9H2,1H3. The molecule has 1 aliphatic rings. The lowest BCUT2D eigenvalue weighted by atomic mass is 10.1. The van der Waals surface area contributed by atoms with Gasteiger partial charge in [0.25, 0.3) is 0 Å². The maximum absolute atomic E-state index is 9.34. The van der Waals surface area contributed by atoms with Crippen molar-refractivity contribution in [2.75, 3.05) is 13.2 Å². The molecule has 0 spiro atoms. The molecule has 0 amide bonds. The third-order valence-electron chi connectivity index (χ3n) is 3.40. The Morgan fingerprint density at radius 2 is 2.05 bits per heavy atom. The SMILES string of the molecule is Cn1c(-c2ccc(O)cc2)cnc1C1=CCOCC1. The van der Waals surface area contributed by atoms with Gasteiger partial charge in [-0.05, 0) is 36.3 Å². The molecule has 0 atom stereocenters. The Labute approximate surface area is 112 Å². The smallest absolute Gasteiger partial charge is 0.135 e. The molecule has 3 rings (SSSR count). The Kier molecular flexibility index (Phi) is 3.09. The van der Waals surface area contributed by atoms with E-state index in [-0.39, 0.29) is 5.75 Å². The Bertz CT molecular complexity index is 612. The molecule has 0 saturated heterocycles. The van der Waals surface area contributed by atoms with E-state index in [9.17, 15) is 5.11 Å². The third-order valence-corrected chi connectivity index (χ3v) is 3.40. The van der Waals surface area contributed by atoms with Crippen molar-refractivity contribution in [2.24, 2.45) is 7.05 Å². The fourth-order valence-electron chi connectivity index (χ4n) is 2.34. The van der Waals surface area contributed by atoms with Crippen molar-refractivity contribution in [2.45, 2.75) is 6.42 Å². The molecule has 19 heavy (non-hydrogen) atoms. The van der Waals surface area contributed by atoms with Crippen LogP contribution >= 0.6 is 0 Å². The van der Waals surface area contributed by atoms with Crippen molar-refractivity contribution in [3.05, 3.63) is 42.4 Å². The van der Waals surface area contributed by atoms with Crippen LogP contribution in [0.2, 0.25) is 0 Å². The molecule has 4 heteroatoms. The van der Waals surface area contributed by atoms with E-state index < -0.39 is 0 Å². The molecule has 2 heterocycles. The van der Waals surface area contributed by atoms with Crippen LogP contribution in [0.4, 0.5) is 0 Å². The van der Waals surface area contributed by atoms with Crippen LogP contribution in [0.1, 0.15) is 12.2 Å². The molecule has 0 saturated carbocycles.